The van der Waals surface area contributed by atoms with Gasteiger partial charge in [-0.25, -0.2) is 0 Å². The van der Waals surface area contributed by atoms with Crippen LogP contribution in [0.25, 0.3) is 0 Å². The zero-order chi connectivity index (χ0) is 16.0. The predicted octanol–water partition coefficient (Wildman–Crippen LogP) is 2.22. The summed E-state index contributed by atoms with van der Waals surface area (Å²) in [6, 6.07) is 0. The zero-order valence-corrected chi connectivity index (χ0v) is 15.2. The maximum Gasteiger partial charge on any atom is 0.164 e. The van der Waals surface area contributed by atoms with Crippen LogP contribution in [-0.4, -0.2) is 63.8 Å². The first-order valence-electron chi connectivity index (χ1n) is 7.86. The Kier molecular flexibility index (Phi) is 5.06. The molecule has 0 aromatic rings. The molecular formula is C15H26O5S2. The van der Waals surface area contributed by atoms with E-state index in [9.17, 15) is 5.11 Å². The predicted molar refractivity (Wildman–Crippen MR) is 88.1 cm³/mol. The molecule has 0 aromatic carbocycles. The normalized spacial score (nSPS) is 40.0. The highest BCUT2D eigenvalue weighted by Gasteiger charge is 2.53. The molecule has 0 bridgehead atoms. The number of fused-ring (bicyclic) bond motifs is 1. The van der Waals surface area contributed by atoms with Crippen LogP contribution >= 0.6 is 23.5 Å². The van der Waals surface area contributed by atoms with Gasteiger partial charge in [0, 0.05) is 0 Å². The molecule has 5 nitrogen and oxygen atoms in total. The Bertz CT molecular complexity index is 397. The fourth-order valence-electron chi connectivity index (χ4n) is 3.10. The average molecular weight is 351 g/mol. The molecule has 3 rings (SSSR count). The highest BCUT2D eigenvalue weighted by Crippen LogP contribution is 2.41. The van der Waals surface area contributed by atoms with Crippen LogP contribution in [0.15, 0.2) is 0 Å². The van der Waals surface area contributed by atoms with Crippen LogP contribution in [0.3, 0.4) is 0 Å². The maximum atomic E-state index is 10.9. The molecule has 0 amide bonds. The summed E-state index contributed by atoms with van der Waals surface area (Å²) in [4.78, 5) is 0. The first-order chi connectivity index (χ1) is 10.3. The van der Waals surface area contributed by atoms with Crippen molar-refractivity contribution in [1.82, 2.24) is 0 Å². The molecule has 0 saturated carbocycles. The Hall–Kier alpha value is 0.500. The highest BCUT2D eigenvalue weighted by molar-refractivity contribution is 8.17. The van der Waals surface area contributed by atoms with Gasteiger partial charge in [0.05, 0.1) is 11.2 Å². The molecule has 1 N–H and O–H groups in total. The molecule has 0 aromatic heterocycles. The van der Waals surface area contributed by atoms with Crippen LogP contribution < -0.4 is 0 Å². The third-order valence-corrected chi connectivity index (χ3v) is 7.11. The van der Waals surface area contributed by atoms with E-state index in [1.807, 2.05) is 51.2 Å². The van der Waals surface area contributed by atoms with E-state index in [-0.39, 0.29) is 16.8 Å². The smallest absolute Gasteiger partial charge is 0.164 e. The molecule has 128 valence electrons. The van der Waals surface area contributed by atoms with Crippen LogP contribution in [0.4, 0.5) is 0 Å². The van der Waals surface area contributed by atoms with Gasteiger partial charge in [-0.2, -0.15) is 0 Å². The summed E-state index contributed by atoms with van der Waals surface area (Å²) in [5.41, 5.74) is 0. The van der Waals surface area contributed by atoms with Crippen molar-refractivity contribution >= 4 is 23.5 Å². The van der Waals surface area contributed by atoms with E-state index in [0.717, 1.165) is 11.5 Å². The second kappa shape index (κ2) is 6.43. The molecule has 3 saturated heterocycles. The number of rotatable bonds is 2. The molecule has 0 aliphatic carbocycles. The van der Waals surface area contributed by atoms with Gasteiger partial charge < -0.3 is 24.1 Å². The van der Waals surface area contributed by atoms with Crippen molar-refractivity contribution in [2.75, 3.05) is 18.1 Å². The van der Waals surface area contributed by atoms with E-state index in [4.69, 9.17) is 18.9 Å². The number of hydrogen-bond donors (Lipinski definition) is 1. The number of thioether (sulfide) groups is 2. The lowest BCUT2D eigenvalue weighted by Crippen LogP contribution is -2.65. The number of ether oxygens (including phenoxy) is 4. The summed E-state index contributed by atoms with van der Waals surface area (Å²) in [6.07, 6.45) is -0.313. The molecule has 0 spiro atoms. The monoisotopic (exact) mass is 350 g/mol. The summed E-state index contributed by atoms with van der Waals surface area (Å²) in [5, 5.41) is 10.9. The Labute approximate surface area is 140 Å². The van der Waals surface area contributed by atoms with Crippen molar-refractivity contribution in [2.45, 2.75) is 74.7 Å². The molecular weight excluding hydrogens is 324 g/mol. The van der Waals surface area contributed by atoms with Crippen LogP contribution in [0.1, 0.15) is 34.1 Å². The van der Waals surface area contributed by atoms with Gasteiger partial charge in [0.15, 0.2) is 11.6 Å². The zero-order valence-electron chi connectivity index (χ0n) is 13.6. The highest BCUT2D eigenvalue weighted by atomic mass is 32.2. The Morgan fingerprint density at radius 2 is 1.68 bits per heavy atom. The lowest BCUT2D eigenvalue weighted by molar-refractivity contribution is -0.412. The van der Waals surface area contributed by atoms with Crippen molar-refractivity contribution in [3.63, 3.8) is 0 Å². The van der Waals surface area contributed by atoms with Crippen LogP contribution in [0.2, 0.25) is 0 Å². The van der Waals surface area contributed by atoms with Crippen molar-refractivity contribution in [3.05, 3.63) is 0 Å². The van der Waals surface area contributed by atoms with Crippen LogP contribution in [0, 0.1) is 0 Å². The van der Waals surface area contributed by atoms with Gasteiger partial charge in [-0.1, -0.05) is 0 Å². The van der Waals surface area contributed by atoms with Gasteiger partial charge in [-0.05, 0) is 45.6 Å². The summed E-state index contributed by atoms with van der Waals surface area (Å²) in [6.45, 7) is 7.99. The van der Waals surface area contributed by atoms with E-state index >= 15 is 0 Å². The SMILES string of the molecule is CC1(C)OC[C@H]2OC(C)(C)O[C@@H]([C@@H](O)C3SCCCS3)[C@@H]2O1. The third-order valence-electron chi connectivity index (χ3n) is 4.03. The van der Waals surface area contributed by atoms with Crippen molar-refractivity contribution in [1.29, 1.82) is 0 Å². The van der Waals surface area contributed by atoms with E-state index in [1.54, 1.807) is 0 Å². The standard InChI is InChI=1S/C15H26O5S2/c1-14(2)17-8-9-11(19-14)12(20-15(3,4)18-9)10(16)13-21-6-5-7-22-13/h9-13,16H,5-8H2,1-4H3/t9-,10-,11-,12+/m1/s1. The molecule has 3 aliphatic heterocycles. The molecule has 7 heteroatoms. The van der Waals surface area contributed by atoms with E-state index in [2.05, 4.69) is 0 Å². The fourth-order valence-corrected chi connectivity index (χ4v) is 6.04. The van der Waals surface area contributed by atoms with Gasteiger partial charge >= 0.3 is 0 Å². The topological polar surface area (TPSA) is 57.2 Å². The van der Waals surface area contributed by atoms with Crippen molar-refractivity contribution < 1.29 is 24.1 Å². The number of aliphatic hydroxyl groups excluding tert-OH is 1. The molecule has 22 heavy (non-hydrogen) atoms. The largest absolute Gasteiger partial charge is 0.388 e. The van der Waals surface area contributed by atoms with Crippen LogP contribution in [-0.2, 0) is 18.9 Å². The lowest BCUT2D eigenvalue weighted by atomic mass is 9.99. The van der Waals surface area contributed by atoms with Gasteiger partial charge in [0.2, 0.25) is 0 Å². The van der Waals surface area contributed by atoms with Crippen molar-refractivity contribution in [3.8, 4) is 0 Å². The van der Waals surface area contributed by atoms with E-state index in [1.165, 1.54) is 6.42 Å². The van der Waals surface area contributed by atoms with E-state index in [0.29, 0.717) is 6.61 Å². The average Bonchev–Trinajstić information content (AvgIpc) is 2.46. The first kappa shape index (κ1) is 17.3. The molecule has 3 fully saturated rings. The molecule has 0 radical (unpaired) electrons. The van der Waals surface area contributed by atoms with Gasteiger partial charge in [-0.3, -0.25) is 0 Å². The van der Waals surface area contributed by atoms with Crippen LogP contribution in [0.5, 0.6) is 0 Å². The summed E-state index contributed by atoms with van der Waals surface area (Å²) in [7, 11) is 0. The molecule has 0 unspecified atom stereocenters. The fraction of sp³-hybridized carbons (Fsp3) is 1.00. The van der Waals surface area contributed by atoms with Crippen molar-refractivity contribution in [2.24, 2.45) is 0 Å². The number of hydrogen-bond acceptors (Lipinski definition) is 7. The van der Waals surface area contributed by atoms with Gasteiger partial charge in [0.1, 0.15) is 24.4 Å². The second-order valence-corrected chi connectivity index (χ2v) is 9.68. The Morgan fingerprint density at radius 1 is 1.00 bits per heavy atom. The van der Waals surface area contributed by atoms with E-state index < -0.39 is 23.8 Å². The van der Waals surface area contributed by atoms with Gasteiger partial charge in [0.25, 0.3) is 0 Å². The maximum absolute atomic E-state index is 10.9. The minimum atomic E-state index is -0.745. The number of aliphatic hydroxyl groups is 1. The molecule has 3 heterocycles. The Morgan fingerprint density at radius 3 is 2.36 bits per heavy atom. The minimum Gasteiger partial charge on any atom is -0.388 e. The molecule has 3 aliphatic rings. The van der Waals surface area contributed by atoms with Gasteiger partial charge in [-0.15, -0.1) is 23.5 Å². The summed E-state index contributed by atoms with van der Waals surface area (Å²) < 4.78 is 23.9. The third kappa shape index (κ3) is 3.77. The lowest BCUT2D eigenvalue weighted by Gasteiger charge is -2.52. The molecule has 4 atom stereocenters. The quantitative estimate of drug-likeness (QED) is 0.819. The summed E-state index contributed by atoms with van der Waals surface area (Å²) in [5.74, 6) is 0.751. The Balaban J connectivity index is 1.78. The summed E-state index contributed by atoms with van der Waals surface area (Å²) >= 11 is 3.62. The first-order valence-corrected chi connectivity index (χ1v) is 9.96. The second-order valence-electron chi connectivity index (χ2n) is 6.89. The minimum absolute atomic E-state index is 0.128.